The van der Waals surface area contributed by atoms with Crippen LogP contribution in [0.2, 0.25) is 0 Å². The fourth-order valence-corrected chi connectivity index (χ4v) is 2.81. The molecule has 0 aliphatic rings. The van der Waals surface area contributed by atoms with E-state index >= 15 is 0 Å². The first kappa shape index (κ1) is 15.7. The van der Waals surface area contributed by atoms with Crippen molar-refractivity contribution in [2.24, 2.45) is 0 Å². The van der Waals surface area contributed by atoms with E-state index in [1.54, 1.807) is 55.6 Å². The molecule has 0 bridgehead atoms. The van der Waals surface area contributed by atoms with E-state index in [2.05, 4.69) is 15.4 Å². The van der Waals surface area contributed by atoms with Crippen LogP contribution in [0.1, 0.15) is 10.4 Å². The van der Waals surface area contributed by atoms with Crippen molar-refractivity contribution in [2.75, 3.05) is 12.4 Å². The fourth-order valence-electron chi connectivity index (χ4n) is 2.81. The summed E-state index contributed by atoms with van der Waals surface area (Å²) in [7, 11) is 1.54. The Bertz CT molecular complexity index is 1250. The lowest BCUT2D eigenvalue weighted by Crippen LogP contribution is -2.19. The van der Waals surface area contributed by atoms with Gasteiger partial charge in [-0.1, -0.05) is 12.1 Å². The van der Waals surface area contributed by atoms with Crippen LogP contribution in [0.4, 0.5) is 5.69 Å². The number of hydrogen-bond donors (Lipinski definition) is 3. The molecule has 0 spiro atoms. The van der Waals surface area contributed by atoms with Gasteiger partial charge in [0.1, 0.15) is 11.3 Å². The maximum atomic E-state index is 12.6. The molecule has 0 saturated heterocycles. The number of nitrogens with one attached hydrogen (secondary N) is 3. The van der Waals surface area contributed by atoms with Gasteiger partial charge in [0.25, 0.3) is 17.0 Å². The number of H-pyrrole nitrogens is 2. The van der Waals surface area contributed by atoms with Crippen LogP contribution in [0.3, 0.4) is 0 Å². The number of fused-ring (bicyclic) bond motifs is 2. The molecule has 1 amide bonds. The summed E-state index contributed by atoms with van der Waals surface area (Å²) in [6.45, 7) is 0. The van der Waals surface area contributed by atoms with Crippen molar-refractivity contribution in [1.29, 1.82) is 0 Å². The molecule has 4 rings (SSSR count). The van der Waals surface area contributed by atoms with E-state index < -0.39 is 17.0 Å². The maximum absolute atomic E-state index is 12.6. The third-order valence-electron chi connectivity index (χ3n) is 4.09. The van der Waals surface area contributed by atoms with Crippen LogP contribution in [0.15, 0.2) is 58.1 Å². The number of benzene rings is 2. The van der Waals surface area contributed by atoms with Gasteiger partial charge in [-0.15, -0.1) is 0 Å². The predicted octanol–water partition coefficient (Wildman–Crippen LogP) is 1.73. The molecule has 0 aliphatic heterocycles. The van der Waals surface area contributed by atoms with Crippen LogP contribution in [0, 0.1) is 0 Å². The topological polar surface area (TPSA) is 108 Å². The molecular weight excluding hydrogens is 336 g/mol. The number of carbonyl (C=O) groups excluding carboxylic acids is 1. The molecule has 0 radical (unpaired) electrons. The third kappa shape index (κ3) is 2.44. The van der Waals surface area contributed by atoms with Gasteiger partial charge < -0.3 is 15.0 Å². The molecule has 8 heteroatoms. The van der Waals surface area contributed by atoms with Crippen LogP contribution in [0.5, 0.6) is 5.75 Å². The quantitative estimate of drug-likeness (QED) is 0.523. The number of para-hydroxylation sites is 1. The number of amides is 1. The minimum atomic E-state index is -0.653. The zero-order chi connectivity index (χ0) is 18.3. The molecule has 0 saturated carbocycles. The first-order valence-electron chi connectivity index (χ1n) is 7.79. The van der Waals surface area contributed by atoms with Crippen LogP contribution < -0.4 is 21.2 Å². The molecule has 26 heavy (non-hydrogen) atoms. The lowest BCUT2D eigenvalue weighted by atomic mass is 10.2. The number of aromatic amines is 2. The number of ether oxygens (including phenoxy) is 1. The van der Waals surface area contributed by atoms with Crippen molar-refractivity contribution >= 4 is 28.1 Å². The van der Waals surface area contributed by atoms with Gasteiger partial charge in [-0.05, 0) is 36.4 Å². The largest absolute Gasteiger partial charge is 0.497 e. The van der Waals surface area contributed by atoms with Gasteiger partial charge in [-0.25, -0.2) is 0 Å². The molecular formula is C18H14N4O4. The third-order valence-corrected chi connectivity index (χ3v) is 4.09. The SMILES string of the molecule is COc1ccc(NC(=O)c2c(=O)[nH]n3c(=O)c4ccccc4[nH]c23)cc1. The van der Waals surface area contributed by atoms with E-state index in [9.17, 15) is 14.4 Å². The Hall–Kier alpha value is -3.81. The Morgan fingerprint density at radius 3 is 2.54 bits per heavy atom. The minimum absolute atomic E-state index is 0.115. The van der Waals surface area contributed by atoms with Crippen LogP contribution >= 0.6 is 0 Å². The van der Waals surface area contributed by atoms with E-state index in [4.69, 9.17) is 4.74 Å². The Kier molecular flexibility index (Phi) is 3.58. The van der Waals surface area contributed by atoms with Gasteiger partial charge in [0.15, 0.2) is 5.65 Å². The fraction of sp³-hybridized carbons (Fsp3) is 0.0556. The second-order valence-corrected chi connectivity index (χ2v) is 5.66. The summed E-state index contributed by atoms with van der Waals surface area (Å²) in [5.41, 5.74) is -0.0734. The van der Waals surface area contributed by atoms with E-state index in [-0.39, 0.29) is 11.2 Å². The van der Waals surface area contributed by atoms with E-state index in [1.807, 2.05) is 0 Å². The first-order valence-corrected chi connectivity index (χ1v) is 7.79. The molecule has 130 valence electrons. The molecule has 2 heterocycles. The summed E-state index contributed by atoms with van der Waals surface area (Å²) >= 11 is 0. The number of nitrogens with zero attached hydrogens (tertiary/aromatic N) is 1. The number of carbonyl (C=O) groups is 1. The summed E-state index contributed by atoms with van der Waals surface area (Å²) in [4.78, 5) is 40.4. The average Bonchev–Trinajstić information content (AvgIpc) is 2.99. The van der Waals surface area contributed by atoms with E-state index in [0.717, 1.165) is 4.52 Å². The standard InChI is InChI=1S/C18H14N4O4/c1-26-11-8-6-10(7-9-11)19-16(23)14-15-20-13-5-3-2-4-12(13)18(25)22(15)21-17(14)24/h2-9,20H,1H3,(H,19,23)(H,21,24). The lowest BCUT2D eigenvalue weighted by Gasteiger charge is -2.05. The zero-order valence-electron chi connectivity index (χ0n) is 13.7. The molecule has 0 aliphatic carbocycles. The monoisotopic (exact) mass is 350 g/mol. The molecule has 2 aromatic carbocycles. The van der Waals surface area contributed by atoms with Crippen molar-refractivity contribution in [2.45, 2.75) is 0 Å². The number of methoxy groups -OCH3 is 1. The van der Waals surface area contributed by atoms with Crippen molar-refractivity contribution in [3.63, 3.8) is 0 Å². The predicted molar refractivity (Wildman–Crippen MR) is 97.1 cm³/mol. The van der Waals surface area contributed by atoms with Gasteiger partial charge in [0.05, 0.1) is 18.0 Å². The highest BCUT2D eigenvalue weighted by Crippen LogP contribution is 2.16. The van der Waals surface area contributed by atoms with Crippen LogP contribution in [0.25, 0.3) is 16.6 Å². The summed E-state index contributed by atoms with van der Waals surface area (Å²) < 4.78 is 6.12. The van der Waals surface area contributed by atoms with Gasteiger partial charge in [-0.3, -0.25) is 19.5 Å². The van der Waals surface area contributed by atoms with Gasteiger partial charge >= 0.3 is 0 Å². The Morgan fingerprint density at radius 1 is 1.08 bits per heavy atom. The lowest BCUT2D eigenvalue weighted by molar-refractivity contribution is 0.102. The Labute approximate surface area is 146 Å². The molecule has 0 fully saturated rings. The number of anilines is 1. The molecule has 0 unspecified atom stereocenters. The highest BCUT2D eigenvalue weighted by atomic mass is 16.5. The van der Waals surface area contributed by atoms with Crippen LogP contribution in [-0.2, 0) is 0 Å². The Morgan fingerprint density at radius 2 is 1.81 bits per heavy atom. The van der Waals surface area contributed by atoms with E-state index in [1.165, 1.54) is 0 Å². The second-order valence-electron chi connectivity index (χ2n) is 5.66. The van der Waals surface area contributed by atoms with Crippen LogP contribution in [-0.4, -0.2) is 27.6 Å². The van der Waals surface area contributed by atoms with Crippen molar-refractivity contribution in [3.05, 3.63) is 74.8 Å². The smallest absolute Gasteiger partial charge is 0.280 e. The summed E-state index contributed by atoms with van der Waals surface area (Å²) in [5.74, 6) is 0.0239. The molecule has 3 N–H and O–H groups in total. The number of rotatable bonds is 3. The molecule has 0 atom stereocenters. The van der Waals surface area contributed by atoms with Gasteiger partial charge in [0.2, 0.25) is 0 Å². The van der Waals surface area contributed by atoms with E-state index in [0.29, 0.717) is 22.3 Å². The maximum Gasteiger partial charge on any atom is 0.280 e. The average molecular weight is 350 g/mol. The normalized spacial score (nSPS) is 11.0. The summed E-state index contributed by atoms with van der Waals surface area (Å²) in [6.07, 6.45) is 0. The molecule has 2 aromatic heterocycles. The first-order chi connectivity index (χ1) is 12.6. The number of aromatic nitrogens is 3. The second kappa shape index (κ2) is 5.92. The van der Waals surface area contributed by atoms with Crippen molar-refractivity contribution in [3.8, 4) is 5.75 Å². The van der Waals surface area contributed by atoms with Crippen molar-refractivity contribution < 1.29 is 9.53 Å². The molecule has 4 aromatic rings. The van der Waals surface area contributed by atoms with Gasteiger partial charge in [0, 0.05) is 5.69 Å². The van der Waals surface area contributed by atoms with Crippen molar-refractivity contribution in [1.82, 2.24) is 14.6 Å². The Balaban J connectivity index is 1.82. The highest BCUT2D eigenvalue weighted by Gasteiger charge is 2.20. The zero-order valence-corrected chi connectivity index (χ0v) is 13.7. The summed E-state index contributed by atoms with van der Waals surface area (Å²) in [6, 6.07) is 13.5. The number of hydrogen-bond acceptors (Lipinski definition) is 4. The van der Waals surface area contributed by atoms with Gasteiger partial charge in [-0.2, -0.15) is 4.52 Å². The minimum Gasteiger partial charge on any atom is -0.497 e. The summed E-state index contributed by atoms with van der Waals surface area (Å²) in [5, 5.41) is 5.47. The molecule has 8 nitrogen and oxygen atoms in total. The highest BCUT2D eigenvalue weighted by molar-refractivity contribution is 6.08.